The van der Waals surface area contributed by atoms with E-state index in [0.717, 1.165) is 19.5 Å². The summed E-state index contributed by atoms with van der Waals surface area (Å²) in [5.74, 6) is 0. The molecule has 3 heteroatoms. The first kappa shape index (κ1) is 7.88. The Morgan fingerprint density at radius 2 is 2.38 bits per heavy atom. The van der Waals surface area contributed by atoms with Crippen molar-refractivity contribution < 1.29 is 5.11 Å². The van der Waals surface area contributed by atoms with Gasteiger partial charge in [-0.3, -0.25) is 0 Å². The average Bonchev–Trinajstić information content (AvgIpc) is 1.81. The fraction of sp³-hybridized carbons (Fsp3) is 1.00. The Hall–Kier alpha value is -0.120. The number of nitrogens with one attached hydrogen (secondary N) is 1. The molecule has 0 aliphatic heterocycles. The molecule has 0 heterocycles. The van der Waals surface area contributed by atoms with Crippen LogP contribution in [-0.2, 0) is 0 Å². The van der Waals surface area contributed by atoms with Crippen LogP contribution < -0.4 is 10.9 Å². The summed E-state index contributed by atoms with van der Waals surface area (Å²) in [5, 5.41) is 8.28. The second-order valence-corrected chi connectivity index (χ2v) is 1.46. The molecule has 49 valence electrons. The smallest absolute Gasteiger partial charge is 0.0443 e. The molecule has 0 unspecified atom stereocenters. The molecule has 2 N–H and O–H groups in total. The van der Waals surface area contributed by atoms with Gasteiger partial charge in [0.05, 0.1) is 0 Å². The first-order valence-corrected chi connectivity index (χ1v) is 2.92. The second kappa shape index (κ2) is 6.88. The molecule has 1 radical (unpaired) electrons. The predicted molar refractivity (Wildman–Crippen MR) is 32.4 cm³/mol. The van der Waals surface area contributed by atoms with Gasteiger partial charge in [-0.15, -0.1) is 0 Å². The second-order valence-electron chi connectivity index (χ2n) is 1.46. The molecular formula is C5H13N2O. The molecule has 0 spiro atoms. The number of nitrogens with zero attached hydrogens (tertiary/aromatic N) is 1. The van der Waals surface area contributed by atoms with Gasteiger partial charge in [-0.2, -0.15) is 5.43 Å². The number of hydrogen-bond acceptors (Lipinski definition) is 2. The zero-order chi connectivity index (χ0) is 6.24. The first-order valence-electron chi connectivity index (χ1n) is 2.92. The Labute approximate surface area is 50.1 Å². The SMILES string of the molecule is CC[N]NCCCO. The van der Waals surface area contributed by atoms with Crippen molar-refractivity contribution in [3.8, 4) is 0 Å². The van der Waals surface area contributed by atoms with Crippen molar-refractivity contribution in [1.82, 2.24) is 10.9 Å². The molecule has 0 aromatic heterocycles. The van der Waals surface area contributed by atoms with Crippen LogP contribution in [0.2, 0.25) is 0 Å². The molecule has 0 rings (SSSR count). The zero-order valence-corrected chi connectivity index (χ0v) is 5.22. The highest BCUT2D eigenvalue weighted by atomic mass is 16.3. The van der Waals surface area contributed by atoms with Crippen LogP contribution in [0.25, 0.3) is 0 Å². The normalized spacial score (nSPS) is 9.75. The molecule has 0 aromatic carbocycles. The van der Waals surface area contributed by atoms with Crippen LogP contribution in [0, 0.1) is 0 Å². The molecule has 3 nitrogen and oxygen atoms in total. The fourth-order valence-corrected chi connectivity index (χ4v) is 0.349. The molecule has 0 atom stereocenters. The lowest BCUT2D eigenvalue weighted by Crippen LogP contribution is -2.25. The van der Waals surface area contributed by atoms with E-state index < -0.39 is 0 Å². The number of aliphatic hydroxyl groups is 1. The largest absolute Gasteiger partial charge is 0.396 e. The van der Waals surface area contributed by atoms with Gasteiger partial charge in [0.2, 0.25) is 0 Å². The highest BCUT2D eigenvalue weighted by Gasteiger charge is 1.81. The summed E-state index contributed by atoms with van der Waals surface area (Å²) in [6.07, 6.45) is 0.781. The van der Waals surface area contributed by atoms with E-state index in [9.17, 15) is 0 Å². The minimum atomic E-state index is 0.242. The van der Waals surface area contributed by atoms with E-state index in [4.69, 9.17) is 5.11 Å². The van der Waals surface area contributed by atoms with Crippen LogP contribution in [0.4, 0.5) is 0 Å². The van der Waals surface area contributed by atoms with Crippen molar-refractivity contribution in [2.45, 2.75) is 13.3 Å². The lowest BCUT2D eigenvalue weighted by atomic mass is 10.5. The van der Waals surface area contributed by atoms with Crippen LogP contribution in [0.1, 0.15) is 13.3 Å². The van der Waals surface area contributed by atoms with Crippen molar-refractivity contribution in [3.05, 3.63) is 0 Å². The van der Waals surface area contributed by atoms with Gasteiger partial charge in [-0.1, -0.05) is 0 Å². The first-order chi connectivity index (χ1) is 3.91. The van der Waals surface area contributed by atoms with E-state index in [0.29, 0.717) is 0 Å². The molecular weight excluding hydrogens is 104 g/mol. The summed E-state index contributed by atoms with van der Waals surface area (Å²) in [7, 11) is 0. The van der Waals surface area contributed by atoms with Crippen molar-refractivity contribution in [3.63, 3.8) is 0 Å². The summed E-state index contributed by atoms with van der Waals surface area (Å²) in [5.41, 5.74) is 6.65. The Balaban J connectivity index is 2.53. The van der Waals surface area contributed by atoms with Crippen molar-refractivity contribution >= 4 is 0 Å². The van der Waals surface area contributed by atoms with Gasteiger partial charge in [0.1, 0.15) is 0 Å². The van der Waals surface area contributed by atoms with Crippen LogP contribution in [0.15, 0.2) is 0 Å². The van der Waals surface area contributed by atoms with Gasteiger partial charge in [-0.25, -0.2) is 5.43 Å². The molecule has 0 saturated carbocycles. The molecule has 0 fully saturated rings. The maximum absolute atomic E-state index is 8.28. The van der Waals surface area contributed by atoms with Crippen LogP contribution in [0.5, 0.6) is 0 Å². The Bertz CT molecular complexity index is 35.4. The van der Waals surface area contributed by atoms with E-state index in [1.807, 2.05) is 6.92 Å². The van der Waals surface area contributed by atoms with E-state index in [2.05, 4.69) is 10.9 Å². The lowest BCUT2D eigenvalue weighted by Gasteiger charge is -1.97. The van der Waals surface area contributed by atoms with Crippen LogP contribution >= 0.6 is 0 Å². The molecule has 0 bridgehead atoms. The number of aliphatic hydroxyl groups excluding tert-OH is 1. The summed E-state index contributed by atoms with van der Waals surface area (Å²) >= 11 is 0. The standard InChI is InChI=1S/C5H13N2O/c1-2-6-7-4-3-5-8/h7-8H,2-5H2,1H3. The minimum Gasteiger partial charge on any atom is -0.396 e. The van der Waals surface area contributed by atoms with Gasteiger partial charge in [0.15, 0.2) is 0 Å². The summed E-state index contributed by atoms with van der Waals surface area (Å²) in [4.78, 5) is 0. The Kier molecular flexibility index (Phi) is 6.78. The molecule has 0 amide bonds. The molecule has 0 aliphatic carbocycles. The van der Waals surface area contributed by atoms with Gasteiger partial charge in [0.25, 0.3) is 0 Å². The summed E-state index contributed by atoms with van der Waals surface area (Å²) in [6.45, 7) is 3.79. The number of hydrogen-bond donors (Lipinski definition) is 2. The zero-order valence-electron chi connectivity index (χ0n) is 5.22. The molecule has 0 aliphatic rings. The Morgan fingerprint density at radius 3 is 2.88 bits per heavy atom. The highest BCUT2D eigenvalue weighted by Crippen LogP contribution is 1.67. The average molecular weight is 117 g/mol. The van der Waals surface area contributed by atoms with E-state index in [-0.39, 0.29) is 6.61 Å². The molecule has 0 saturated heterocycles. The molecule has 8 heavy (non-hydrogen) atoms. The van der Waals surface area contributed by atoms with Gasteiger partial charge >= 0.3 is 0 Å². The van der Waals surface area contributed by atoms with Crippen LogP contribution in [-0.4, -0.2) is 24.8 Å². The highest BCUT2D eigenvalue weighted by molar-refractivity contribution is 4.37. The third kappa shape index (κ3) is 5.88. The third-order valence-corrected chi connectivity index (χ3v) is 0.717. The van der Waals surface area contributed by atoms with Gasteiger partial charge < -0.3 is 5.11 Å². The monoisotopic (exact) mass is 117 g/mol. The summed E-state index contributed by atoms with van der Waals surface area (Å²) in [6, 6.07) is 0. The Morgan fingerprint density at radius 1 is 1.62 bits per heavy atom. The van der Waals surface area contributed by atoms with E-state index in [1.54, 1.807) is 0 Å². The van der Waals surface area contributed by atoms with Gasteiger partial charge in [-0.05, 0) is 13.3 Å². The predicted octanol–water partition coefficient (Wildman–Crippen LogP) is -0.502. The fourth-order valence-electron chi connectivity index (χ4n) is 0.349. The number of rotatable bonds is 5. The maximum Gasteiger partial charge on any atom is 0.0443 e. The van der Waals surface area contributed by atoms with E-state index >= 15 is 0 Å². The lowest BCUT2D eigenvalue weighted by molar-refractivity contribution is 0.282. The van der Waals surface area contributed by atoms with Crippen molar-refractivity contribution in [2.75, 3.05) is 19.7 Å². The quantitative estimate of drug-likeness (QED) is 0.376. The maximum atomic E-state index is 8.28. The van der Waals surface area contributed by atoms with Crippen molar-refractivity contribution in [2.24, 2.45) is 0 Å². The molecule has 0 aromatic rings. The van der Waals surface area contributed by atoms with Crippen LogP contribution in [0.3, 0.4) is 0 Å². The van der Waals surface area contributed by atoms with E-state index in [1.165, 1.54) is 0 Å². The third-order valence-electron chi connectivity index (χ3n) is 0.717. The summed E-state index contributed by atoms with van der Waals surface area (Å²) < 4.78 is 0. The topological polar surface area (TPSA) is 46.4 Å². The van der Waals surface area contributed by atoms with Crippen molar-refractivity contribution in [1.29, 1.82) is 0 Å². The van der Waals surface area contributed by atoms with Gasteiger partial charge in [0, 0.05) is 19.7 Å². The minimum absolute atomic E-state index is 0.242.